The summed E-state index contributed by atoms with van der Waals surface area (Å²) >= 11 is 0. The molecule has 2 heterocycles. The summed E-state index contributed by atoms with van der Waals surface area (Å²) in [5, 5.41) is 45.4. The number of aliphatic hydroxyl groups is 2. The van der Waals surface area contributed by atoms with Crippen LogP contribution in [0.4, 0.5) is 0 Å². The molecule has 2 aliphatic rings. The quantitative estimate of drug-likeness (QED) is 0.0571. The van der Waals surface area contributed by atoms with Crippen molar-refractivity contribution in [3.63, 3.8) is 0 Å². The van der Waals surface area contributed by atoms with E-state index in [1.807, 2.05) is 20.8 Å². The average Bonchev–Trinajstić information content (AvgIpc) is 4.03. The summed E-state index contributed by atoms with van der Waals surface area (Å²) in [6.07, 6.45) is 1.22. The van der Waals surface area contributed by atoms with Crippen LogP contribution in [0, 0.1) is 23.7 Å². The Kier molecular flexibility index (Phi) is 23.2. The van der Waals surface area contributed by atoms with Crippen LogP contribution in [-0.2, 0) is 49.6 Å². The van der Waals surface area contributed by atoms with Crippen molar-refractivity contribution in [2.45, 2.75) is 174 Å². The number of rotatable bonds is 26. The zero-order chi connectivity index (χ0) is 52.6. The van der Waals surface area contributed by atoms with Crippen LogP contribution in [0.2, 0.25) is 0 Å². The number of nitrogens with two attached hydrogens (primary N) is 1. The number of nitrogens with zero attached hydrogens (tertiary/aromatic N) is 2. The first-order valence-electron chi connectivity index (χ1n) is 24.7. The van der Waals surface area contributed by atoms with E-state index in [0.717, 1.165) is 0 Å². The summed E-state index contributed by atoms with van der Waals surface area (Å²) in [6, 6.07) is -1.89. The molecule has 392 valence electrons. The predicted octanol–water partition coefficient (Wildman–Crippen LogP) is -0.301. The third kappa shape index (κ3) is 16.2. The molecule has 0 unspecified atom stereocenters. The van der Waals surface area contributed by atoms with Gasteiger partial charge >= 0.3 is 5.97 Å². The van der Waals surface area contributed by atoms with Gasteiger partial charge in [-0.25, -0.2) is 4.79 Å². The lowest BCUT2D eigenvalue weighted by molar-refractivity contribution is -0.146. The van der Waals surface area contributed by atoms with Crippen LogP contribution in [0.15, 0.2) is 30.3 Å². The van der Waals surface area contributed by atoms with Crippen molar-refractivity contribution in [2.75, 3.05) is 19.7 Å². The molecule has 0 spiro atoms. The van der Waals surface area contributed by atoms with Gasteiger partial charge < -0.3 is 62.8 Å². The molecular formula is C49H79N9O12. The molecule has 8 amide bonds. The van der Waals surface area contributed by atoms with Gasteiger partial charge in [0.25, 0.3) is 0 Å². The molecule has 12 atom stereocenters. The van der Waals surface area contributed by atoms with E-state index in [2.05, 4.69) is 31.9 Å². The fraction of sp³-hybridized carbons (Fsp3) is 0.694. The van der Waals surface area contributed by atoms with Gasteiger partial charge in [0, 0.05) is 19.5 Å². The van der Waals surface area contributed by atoms with Gasteiger partial charge in [0.2, 0.25) is 47.3 Å². The Labute approximate surface area is 411 Å². The zero-order valence-corrected chi connectivity index (χ0v) is 42.2. The number of carbonyl (C=O) groups is 9. The van der Waals surface area contributed by atoms with Gasteiger partial charge in [-0.05, 0) is 68.3 Å². The second-order valence-electron chi connectivity index (χ2n) is 19.6. The molecule has 0 aromatic heterocycles. The molecule has 0 bridgehead atoms. The summed E-state index contributed by atoms with van der Waals surface area (Å²) in [6.45, 7) is 15.1. The normalized spacial score (nSPS) is 20.1. The number of benzene rings is 1. The smallest absolute Gasteiger partial charge is 0.326 e. The van der Waals surface area contributed by atoms with Crippen LogP contribution in [0.3, 0.4) is 0 Å². The van der Waals surface area contributed by atoms with E-state index in [9.17, 15) is 58.5 Å². The zero-order valence-electron chi connectivity index (χ0n) is 42.2. The Morgan fingerprint density at radius 3 is 1.59 bits per heavy atom. The van der Waals surface area contributed by atoms with Crippen molar-refractivity contribution in [1.82, 2.24) is 41.7 Å². The summed E-state index contributed by atoms with van der Waals surface area (Å²) in [5.74, 6) is -8.17. The number of carbonyl (C=O) groups excluding carboxylic acids is 8. The molecule has 1 aromatic rings. The highest BCUT2D eigenvalue weighted by Gasteiger charge is 2.43. The molecule has 21 nitrogen and oxygen atoms in total. The first-order valence-corrected chi connectivity index (χ1v) is 24.7. The Hall–Kier alpha value is -5.67. The maximum absolute atomic E-state index is 14.7. The van der Waals surface area contributed by atoms with Gasteiger partial charge in [0.15, 0.2) is 0 Å². The minimum atomic E-state index is -1.54. The first-order chi connectivity index (χ1) is 33.0. The van der Waals surface area contributed by atoms with Crippen LogP contribution in [-0.4, -0.2) is 159 Å². The second kappa shape index (κ2) is 27.7. The van der Waals surface area contributed by atoms with Gasteiger partial charge in [0.1, 0.15) is 54.4 Å². The summed E-state index contributed by atoms with van der Waals surface area (Å²) in [7, 11) is 0. The van der Waals surface area contributed by atoms with Crippen molar-refractivity contribution < 1.29 is 58.5 Å². The summed E-state index contributed by atoms with van der Waals surface area (Å²) in [5.41, 5.74) is 6.28. The lowest BCUT2D eigenvalue weighted by Crippen LogP contribution is -2.63. The SMILES string of the molecule is CC[C@H](C)[C@H](NC(=O)[C@@H]1CCCN1C(=O)[C@H](CC(C)C)NC(=O)[C@@H]1CCCN1C(=O)[C@H](Cc1ccccc1)NC(=O)[C@@H](NC(=O)[C@@H](NC(=O)[C@@H](NC(=O)[C@@H](N)CO)[C@@H](C)O)[C@@H](C)CC)C(C)C)C(=O)O. The van der Waals surface area contributed by atoms with E-state index in [1.54, 1.807) is 65.0 Å². The molecule has 0 aliphatic carbocycles. The first kappa shape index (κ1) is 58.6. The van der Waals surface area contributed by atoms with Crippen LogP contribution < -0.4 is 37.6 Å². The van der Waals surface area contributed by atoms with E-state index in [4.69, 9.17) is 5.73 Å². The molecule has 2 fully saturated rings. The van der Waals surface area contributed by atoms with Crippen molar-refractivity contribution in [3.8, 4) is 0 Å². The Morgan fingerprint density at radius 2 is 1.10 bits per heavy atom. The molecule has 11 N–H and O–H groups in total. The Bertz CT molecular complexity index is 1970. The number of amides is 8. The third-order valence-corrected chi connectivity index (χ3v) is 13.3. The fourth-order valence-corrected chi connectivity index (χ4v) is 8.68. The topological polar surface area (TPSA) is 319 Å². The molecule has 2 aliphatic heterocycles. The van der Waals surface area contributed by atoms with E-state index < -0.39 is 132 Å². The summed E-state index contributed by atoms with van der Waals surface area (Å²) < 4.78 is 0. The molecule has 1 aromatic carbocycles. The standard InChI is InChI=1S/C49H79N9O12/c1-10-28(7)38(54-46(66)40(30(9)60)56-41(61)32(50)25-59)45(65)53-37(27(5)6)44(64)52-34(24-31-17-13-12-14-18-31)48(68)57-21-15-19-35(57)42(62)51-33(23-26(3)4)47(67)58-22-16-20-36(58)43(63)55-39(49(69)70)29(8)11-2/h12-14,17-18,26-30,32-40,59-60H,10-11,15-16,19-25,50H2,1-9H3,(H,51,62)(H,52,64)(H,53,65)(H,54,66)(H,55,63)(H,56,61)(H,69,70)/t28-,29-,30+,32-,33-,34-,35-,36-,37-,38-,39-,40-/m0/s1. The van der Waals surface area contributed by atoms with Crippen LogP contribution >= 0.6 is 0 Å². The van der Waals surface area contributed by atoms with Gasteiger partial charge in [-0.3, -0.25) is 38.4 Å². The van der Waals surface area contributed by atoms with Gasteiger partial charge in [0.05, 0.1) is 12.7 Å². The number of carboxylic acids is 1. The lowest BCUT2D eigenvalue weighted by Gasteiger charge is -2.33. The van der Waals surface area contributed by atoms with Crippen molar-refractivity contribution in [2.24, 2.45) is 29.4 Å². The number of likely N-dealkylation sites (tertiary alicyclic amines) is 2. The number of aliphatic carboxylic acids is 1. The molecule has 0 saturated carbocycles. The fourth-order valence-electron chi connectivity index (χ4n) is 8.68. The number of hydrogen-bond donors (Lipinski definition) is 10. The van der Waals surface area contributed by atoms with E-state index in [-0.39, 0.29) is 44.2 Å². The molecule has 3 rings (SSSR count). The highest BCUT2D eigenvalue weighted by atomic mass is 16.4. The number of nitrogens with one attached hydrogen (secondary N) is 6. The third-order valence-electron chi connectivity index (χ3n) is 13.3. The monoisotopic (exact) mass is 986 g/mol. The van der Waals surface area contributed by atoms with Crippen LogP contribution in [0.25, 0.3) is 0 Å². The molecule has 70 heavy (non-hydrogen) atoms. The Morgan fingerprint density at radius 1 is 0.629 bits per heavy atom. The molecule has 2 saturated heterocycles. The van der Waals surface area contributed by atoms with Crippen molar-refractivity contribution >= 4 is 53.2 Å². The molecule has 0 radical (unpaired) electrons. The number of aliphatic hydroxyl groups excluding tert-OH is 2. The van der Waals surface area contributed by atoms with E-state index in [0.29, 0.717) is 37.7 Å². The summed E-state index contributed by atoms with van der Waals surface area (Å²) in [4.78, 5) is 126. The minimum absolute atomic E-state index is 0.0135. The van der Waals surface area contributed by atoms with Crippen LogP contribution in [0.5, 0.6) is 0 Å². The average molecular weight is 986 g/mol. The largest absolute Gasteiger partial charge is 0.480 e. The molecular weight excluding hydrogens is 907 g/mol. The highest BCUT2D eigenvalue weighted by molar-refractivity contribution is 5.98. The maximum Gasteiger partial charge on any atom is 0.326 e. The molecule has 21 heteroatoms. The van der Waals surface area contributed by atoms with Crippen LogP contribution in [0.1, 0.15) is 113 Å². The second-order valence-corrected chi connectivity index (χ2v) is 19.6. The van der Waals surface area contributed by atoms with E-state index in [1.165, 1.54) is 16.7 Å². The maximum atomic E-state index is 14.7. The van der Waals surface area contributed by atoms with Gasteiger partial charge in [-0.1, -0.05) is 98.6 Å². The van der Waals surface area contributed by atoms with Crippen molar-refractivity contribution in [1.29, 1.82) is 0 Å². The number of carboxylic acid groups (broad SMARTS) is 1. The van der Waals surface area contributed by atoms with E-state index >= 15 is 0 Å². The highest BCUT2D eigenvalue weighted by Crippen LogP contribution is 2.24. The van der Waals surface area contributed by atoms with Gasteiger partial charge in [-0.2, -0.15) is 0 Å². The predicted molar refractivity (Wildman–Crippen MR) is 259 cm³/mol. The minimum Gasteiger partial charge on any atom is -0.480 e. The Balaban J connectivity index is 1.87. The van der Waals surface area contributed by atoms with Gasteiger partial charge in [-0.15, -0.1) is 0 Å². The van der Waals surface area contributed by atoms with Crippen molar-refractivity contribution in [3.05, 3.63) is 35.9 Å². The number of hydrogen-bond acceptors (Lipinski definition) is 12. The lowest BCUT2D eigenvalue weighted by atomic mass is 9.95.